The summed E-state index contributed by atoms with van der Waals surface area (Å²) < 4.78 is 14.4. The topological polar surface area (TPSA) is 117 Å². The Morgan fingerprint density at radius 1 is 1.17 bits per heavy atom. The summed E-state index contributed by atoms with van der Waals surface area (Å²) in [5.74, 6) is -0.114. The molecule has 1 atom stereocenters. The average molecular weight is 476 g/mol. The predicted octanol–water partition coefficient (Wildman–Crippen LogP) is 1.90. The number of H-pyrrole nitrogens is 1. The molecule has 1 unspecified atom stereocenters. The van der Waals surface area contributed by atoms with Crippen molar-refractivity contribution in [2.45, 2.75) is 25.8 Å². The molecular weight excluding hydrogens is 452 g/mol. The second-order valence-electron chi connectivity index (χ2n) is 8.36. The molecule has 2 aromatic carbocycles. The van der Waals surface area contributed by atoms with Crippen LogP contribution in [0, 0.1) is 0 Å². The first-order valence-electron chi connectivity index (χ1n) is 11.3. The molecule has 0 aliphatic heterocycles. The molecule has 0 saturated carbocycles. The number of carbonyl (C=O) groups excluding carboxylic acids is 1. The zero-order chi connectivity index (χ0) is 24.9. The van der Waals surface area contributed by atoms with E-state index >= 15 is 0 Å². The van der Waals surface area contributed by atoms with Gasteiger partial charge in [0.05, 0.1) is 36.5 Å². The molecule has 0 saturated heterocycles. The summed E-state index contributed by atoms with van der Waals surface area (Å²) in [6, 6.07) is 9.94. The molecule has 2 heterocycles. The fraction of sp³-hybridized carbons (Fsp3) is 0.280. The van der Waals surface area contributed by atoms with Crippen molar-refractivity contribution in [2.75, 3.05) is 13.7 Å². The van der Waals surface area contributed by atoms with E-state index in [1.54, 1.807) is 39.3 Å². The van der Waals surface area contributed by atoms with Gasteiger partial charge in [-0.15, -0.1) is 0 Å². The van der Waals surface area contributed by atoms with Gasteiger partial charge in [-0.3, -0.25) is 18.5 Å². The highest BCUT2D eigenvalue weighted by atomic mass is 16.5. The molecule has 1 aliphatic carbocycles. The lowest BCUT2D eigenvalue weighted by Crippen LogP contribution is -2.44. The lowest BCUT2D eigenvalue weighted by Gasteiger charge is -2.18. The van der Waals surface area contributed by atoms with Crippen LogP contribution in [0.25, 0.3) is 16.7 Å². The van der Waals surface area contributed by atoms with E-state index in [-0.39, 0.29) is 17.9 Å². The van der Waals surface area contributed by atoms with Crippen molar-refractivity contribution in [1.82, 2.24) is 18.7 Å². The zero-order valence-electron chi connectivity index (χ0n) is 19.5. The fourth-order valence-corrected chi connectivity index (χ4v) is 4.81. The smallest absolute Gasteiger partial charge is 0.345 e. The first kappa shape index (κ1) is 22.5. The van der Waals surface area contributed by atoms with E-state index in [0.29, 0.717) is 35.3 Å². The van der Waals surface area contributed by atoms with Crippen LogP contribution in [-0.2, 0) is 18.2 Å². The van der Waals surface area contributed by atoms with E-state index in [2.05, 4.69) is 4.98 Å². The van der Waals surface area contributed by atoms with Gasteiger partial charge in [-0.05, 0) is 55.2 Å². The molecule has 5 rings (SSSR count). The number of aromatic amines is 1. The molecule has 1 N–H and O–H groups in total. The van der Waals surface area contributed by atoms with Crippen LogP contribution in [-0.4, -0.2) is 38.4 Å². The van der Waals surface area contributed by atoms with Crippen molar-refractivity contribution in [3.05, 3.63) is 90.6 Å². The normalized spacial score (nSPS) is 14.8. The Kier molecular flexibility index (Phi) is 5.43. The minimum Gasteiger partial charge on any atom is -0.496 e. The van der Waals surface area contributed by atoms with Crippen LogP contribution in [0.5, 0.6) is 5.75 Å². The first-order chi connectivity index (χ1) is 16.8. The van der Waals surface area contributed by atoms with E-state index in [9.17, 15) is 19.2 Å². The van der Waals surface area contributed by atoms with Gasteiger partial charge in [-0.25, -0.2) is 14.4 Å². The monoisotopic (exact) mass is 476 g/mol. The molecule has 0 fully saturated rings. The van der Waals surface area contributed by atoms with Gasteiger partial charge < -0.3 is 14.5 Å². The third kappa shape index (κ3) is 3.49. The summed E-state index contributed by atoms with van der Waals surface area (Å²) in [6.45, 7) is 1.73. The molecule has 35 heavy (non-hydrogen) atoms. The van der Waals surface area contributed by atoms with Gasteiger partial charge in [0.1, 0.15) is 11.3 Å². The quantitative estimate of drug-likeness (QED) is 0.440. The van der Waals surface area contributed by atoms with Gasteiger partial charge >= 0.3 is 17.3 Å². The van der Waals surface area contributed by atoms with Crippen LogP contribution in [0.15, 0.2) is 57.0 Å². The third-order valence-corrected chi connectivity index (χ3v) is 6.51. The minimum absolute atomic E-state index is 0.0814. The number of hydrogen-bond acceptors (Lipinski definition) is 6. The number of benzene rings is 2. The Balaban J connectivity index is 1.77. The van der Waals surface area contributed by atoms with Crippen LogP contribution in [0.3, 0.4) is 0 Å². The summed E-state index contributed by atoms with van der Waals surface area (Å²) in [7, 11) is 3.21. The van der Waals surface area contributed by atoms with Gasteiger partial charge in [-0.2, -0.15) is 0 Å². The van der Waals surface area contributed by atoms with Crippen LogP contribution in [0.1, 0.15) is 40.9 Å². The Hall–Kier alpha value is -4.34. The molecule has 4 aromatic rings. The molecule has 0 bridgehead atoms. The van der Waals surface area contributed by atoms with Gasteiger partial charge in [0.2, 0.25) is 0 Å². The Morgan fingerprint density at radius 3 is 2.71 bits per heavy atom. The Labute approximate surface area is 199 Å². The molecule has 0 amide bonds. The van der Waals surface area contributed by atoms with E-state index in [0.717, 1.165) is 15.7 Å². The molecule has 10 nitrogen and oxygen atoms in total. The molecule has 180 valence electrons. The number of fused-ring (bicyclic) bond motifs is 2. The van der Waals surface area contributed by atoms with Crippen LogP contribution >= 0.6 is 0 Å². The van der Waals surface area contributed by atoms with Crippen molar-refractivity contribution in [1.29, 1.82) is 0 Å². The van der Waals surface area contributed by atoms with Crippen molar-refractivity contribution in [3.63, 3.8) is 0 Å². The third-order valence-electron chi connectivity index (χ3n) is 6.51. The summed E-state index contributed by atoms with van der Waals surface area (Å²) in [5, 5.41) is 0. The zero-order valence-corrected chi connectivity index (χ0v) is 19.5. The van der Waals surface area contributed by atoms with Crippen molar-refractivity contribution in [2.24, 2.45) is 7.05 Å². The van der Waals surface area contributed by atoms with Crippen LogP contribution < -0.4 is 21.7 Å². The summed E-state index contributed by atoms with van der Waals surface area (Å²) >= 11 is 0. The van der Waals surface area contributed by atoms with Gasteiger partial charge in [-0.1, -0.05) is 12.1 Å². The van der Waals surface area contributed by atoms with E-state index < -0.39 is 23.3 Å². The summed E-state index contributed by atoms with van der Waals surface area (Å²) in [5.41, 5.74) is 1.47. The number of rotatable bonds is 5. The maximum atomic E-state index is 13.7. The number of aryl methyl sites for hydroxylation is 1. The summed E-state index contributed by atoms with van der Waals surface area (Å²) in [6.07, 6.45) is 2.34. The number of nitrogens with one attached hydrogen (secondary N) is 1. The molecular formula is C25H24N4O6. The number of nitrogens with zero attached hydrogens (tertiary/aromatic N) is 3. The first-order valence-corrected chi connectivity index (χ1v) is 11.3. The highest BCUT2D eigenvalue weighted by Gasteiger charge is 2.31. The number of ether oxygens (including phenoxy) is 2. The standard InChI is InChI=1S/C25H24N4O6/c1-4-35-23(31)17-13-28(14-8-10-20-18(12-14)26-24(32)27(20)2)25(33)29(22(17)30)19-11-9-16-15(19)6-5-7-21(16)34-3/h5-8,10,12-13,19H,4,9,11H2,1-3H3,(H,26,32). The number of esters is 1. The largest absolute Gasteiger partial charge is 0.496 e. The number of hydrogen-bond donors (Lipinski definition) is 1. The molecule has 10 heteroatoms. The van der Waals surface area contributed by atoms with E-state index in [1.165, 1.54) is 15.3 Å². The predicted molar refractivity (Wildman–Crippen MR) is 129 cm³/mol. The molecule has 2 aromatic heterocycles. The minimum atomic E-state index is -0.807. The van der Waals surface area contributed by atoms with E-state index in [1.807, 2.05) is 18.2 Å². The average Bonchev–Trinajstić information content (AvgIpc) is 3.39. The second-order valence-corrected chi connectivity index (χ2v) is 8.36. The highest BCUT2D eigenvalue weighted by molar-refractivity contribution is 5.88. The van der Waals surface area contributed by atoms with Crippen molar-refractivity contribution in [3.8, 4) is 11.4 Å². The van der Waals surface area contributed by atoms with Gasteiger partial charge in [0.15, 0.2) is 0 Å². The van der Waals surface area contributed by atoms with Gasteiger partial charge in [0, 0.05) is 13.2 Å². The number of imidazole rings is 1. The second kappa shape index (κ2) is 8.46. The van der Waals surface area contributed by atoms with Crippen molar-refractivity contribution >= 4 is 17.0 Å². The van der Waals surface area contributed by atoms with Gasteiger partial charge in [0.25, 0.3) is 5.56 Å². The number of methoxy groups -OCH3 is 1. The lowest BCUT2D eigenvalue weighted by molar-refractivity contribution is 0.0522. The Bertz CT molecular complexity index is 1660. The highest BCUT2D eigenvalue weighted by Crippen LogP contribution is 2.38. The van der Waals surface area contributed by atoms with Crippen LogP contribution in [0.4, 0.5) is 0 Å². The fourth-order valence-electron chi connectivity index (χ4n) is 4.81. The van der Waals surface area contributed by atoms with E-state index in [4.69, 9.17) is 9.47 Å². The maximum absolute atomic E-state index is 13.7. The maximum Gasteiger partial charge on any atom is 0.345 e. The Morgan fingerprint density at radius 2 is 1.97 bits per heavy atom. The summed E-state index contributed by atoms with van der Waals surface area (Å²) in [4.78, 5) is 54.7. The lowest BCUT2D eigenvalue weighted by atomic mass is 10.1. The van der Waals surface area contributed by atoms with Crippen LogP contribution in [0.2, 0.25) is 0 Å². The molecule has 0 spiro atoms. The van der Waals surface area contributed by atoms with Crippen molar-refractivity contribution < 1.29 is 14.3 Å². The number of aromatic nitrogens is 4. The molecule has 1 aliphatic rings. The SMILES string of the molecule is CCOC(=O)c1cn(-c2ccc3c(c2)[nH]c(=O)n3C)c(=O)n(C2CCc3c(OC)cccc32)c1=O. The molecule has 0 radical (unpaired) electrons. The number of carbonyl (C=O) groups is 1.